The zero-order valence-corrected chi connectivity index (χ0v) is 8.68. The topological polar surface area (TPSA) is 3.24 Å². The molecule has 0 aromatic rings. The third kappa shape index (κ3) is 2.96. The Morgan fingerprint density at radius 3 is 2.45 bits per heavy atom. The van der Waals surface area contributed by atoms with E-state index in [1.54, 1.807) is 0 Å². The van der Waals surface area contributed by atoms with Crippen LogP contribution >= 0.6 is 15.9 Å². The van der Waals surface area contributed by atoms with Crippen molar-refractivity contribution >= 4 is 15.9 Å². The average Bonchev–Trinajstić information content (AvgIpc) is 2.07. The van der Waals surface area contributed by atoms with Crippen molar-refractivity contribution in [3.63, 3.8) is 0 Å². The molecule has 0 N–H and O–H groups in total. The van der Waals surface area contributed by atoms with Gasteiger partial charge in [-0.05, 0) is 32.9 Å². The lowest BCUT2D eigenvalue weighted by molar-refractivity contribution is 0.238. The number of allylic oxidation sites excluding steroid dienone is 1. The first-order chi connectivity index (χ1) is 5.34. The van der Waals surface area contributed by atoms with Crippen LogP contribution in [0.1, 0.15) is 26.2 Å². The molecule has 0 spiro atoms. The highest BCUT2D eigenvalue weighted by molar-refractivity contribution is 9.09. The van der Waals surface area contributed by atoms with Gasteiger partial charge in [0.2, 0.25) is 0 Å². The van der Waals surface area contributed by atoms with Gasteiger partial charge < -0.3 is 0 Å². The minimum atomic E-state index is 0.466. The normalized spacial score (nSPS) is 24.2. The number of nitrogens with zero attached hydrogens (tertiary/aromatic N) is 1. The van der Waals surface area contributed by atoms with Gasteiger partial charge >= 0.3 is 0 Å². The second-order valence-electron chi connectivity index (χ2n) is 3.00. The van der Waals surface area contributed by atoms with Crippen LogP contribution in [0.4, 0.5) is 0 Å². The first kappa shape index (κ1) is 9.27. The molecule has 1 aliphatic rings. The lowest BCUT2D eigenvalue weighted by atomic mass is 10.1. The van der Waals surface area contributed by atoms with E-state index in [0.29, 0.717) is 4.95 Å². The molecule has 0 bridgehead atoms. The van der Waals surface area contributed by atoms with Gasteiger partial charge in [-0.15, -0.1) is 0 Å². The van der Waals surface area contributed by atoms with Crippen molar-refractivity contribution in [2.75, 3.05) is 13.1 Å². The minimum absolute atomic E-state index is 0.466. The summed E-state index contributed by atoms with van der Waals surface area (Å²) >= 11 is 3.64. The maximum absolute atomic E-state index is 3.64. The largest absolute Gasteiger partial charge is 0.288 e. The highest BCUT2D eigenvalue weighted by Gasteiger charge is 2.14. The van der Waals surface area contributed by atoms with Gasteiger partial charge in [0, 0.05) is 0 Å². The molecule has 0 aromatic heterocycles. The van der Waals surface area contributed by atoms with Crippen LogP contribution in [-0.4, -0.2) is 22.9 Å². The Bertz CT molecular complexity index is 128. The van der Waals surface area contributed by atoms with Gasteiger partial charge in [-0.3, -0.25) is 4.90 Å². The van der Waals surface area contributed by atoms with E-state index < -0.39 is 0 Å². The zero-order valence-electron chi connectivity index (χ0n) is 7.09. The van der Waals surface area contributed by atoms with Gasteiger partial charge in [0.15, 0.2) is 0 Å². The Labute approximate surface area is 77.6 Å². The summed E-state index contributed by atoms with van der Waals surface area (Å²) in [7, 11) is 0. The molecule has 1 rings (SSSR count). The highest BCUT2D eigenvalue weighted by Crippen LogP contribution is 2.16. The van der Waals surface area contributed by atoms with Gasteiger partial charge in [-0.1, -0.05) is 34.5 Å². The van der Waals surface area contributed by atoms with Gasteiger partial charge in [0.25, 0.3) is 0 Å². The minimum Gasteiger partial charge on any atom is -0.288 e. The van der Waals surface area contributed by atoms with Crippen molar-refractivity contribution in [1.82, 2.24) is 4.90 Å². The molecular formula is C9H16BrN. The molecule has 0 radical (unpaired) electrons. The van der Waals surface area contributed by atoms with Crippen LogP contribution < -0.4 is 0 Å². The number of rotatable bonds is 2. The molecule has 0 saturated carbocycles. The van der Waals surface area contributed by atoms with E-state index >= 15 is 0 Å². The predicted octanol–water partition coefficient (Wildman–Crippen LogP) is 2.77. The van der Waals surface area contributed by atoms with Crippen LogP contribution in [0.15, 0.2) is 12.2 Å². The van der Waals surface area contributed by atoms with Gasteiger partial charge in [-0.25, -0.2) is 0 Å². The third-order valence-electron chi connectivity index (χ3n) is 2.09. The summed E-state index contributed by atoms with van der Waals surface area (Å²) in [5, 5.41) is 0. The quantitative estimate of drug-likeness (QED) is 0.391. The second kappa shape index (κ2) is 4.94. The van der Waals surface area contributed by atoms with Crippen molar-refractivity contribution in [1.29, 1.82) is 0 Å². The van der Waals surface area contributed by atoms with Crippen molar-refractivity contribution in [3.05, 3.63) is 12.2 Å². The first-order valence-electron chi connectivity index (χ1n) is 4.35. The van der Waals surface area contributed by atoms with Crippen LogP contribution in [0.3, 0.4) is 0 Å². The molecule has 0 aromatic carbocycles. The van der Waals surface area contributed by atoms with Crippen LogP contribution in [-0.2, 0) is 0 Å². The SMILES string of the molecule is CC=CC(Br)N1CCCCC1. The molecule has 1 nitrogen and oxygen atoms in total. The van der Waals surface area contributed by atoms with Crippen LogP contribution in [0.2, 0.25) is 0 Å². The lowest BCUT2D eigenvalue weighted by Crippen LogP contribution is -2.34. The van der Waals surface area contributed by atoms with Crippen molar-refractivity contribution in [3.8, 4) is 0 Å². The number of likely N-dealkylation sites (tertiary alicyclic amines) is 1. The maximum atomic E-state index is 3.64. The Kier molecular flexibility index (Phi) is 4.16. The smallest absolute Gasteiger partial charge is 0.0841 e. The second-order valence-corrected chi connectivity index (χ2v) is 3.93. The van der Waals surface area contributed by atoms with Crippen molar-refractivity contribution in [2.24, 2.45) is 0 Å². The van der Waals surface area contributed by atoms with Gasteiger partial charge in [-0.2, -0.15) is 0 Å². The zero-order chi connectivity index (χ0) is 8.10. The van der Waals surface area contributed by atoms with E-state index in [1.165, 1.54) is 32.4 Å². The predicted molar refractivity (Wildman–Crippen MR) is 53.0 cm³/mol. The van der Waals surface area contributed by atoms with Gasteiger partial charge in [0.1, 0.15) is 0 Å². The summed E-state index contributed by atoms with van der Waals surface area (Å²) in [4.78, 5) is 2.94. The monoisotopic (exact) mass is 217 g/mol. The number of halogens is 1. The number of hydrogen-bond acceptors (Lipinski definition) is 1. The number of hydrogen-bond donors (Lipinski definition) is 0. The van der Waals surface area contributed by atoms with E-state index in [-0.39, 0.29) is 0 Å². The van der Waals surface area contributed by atoms with E-state index in [2.05, 4.69) is 39.9 Å². The third-order valence-corrected chi connectivity index (χ3v) is 2.98. The molecule has 1 saturated heterocycles. The fraction of sp³-hybridized carbons (Fsp3) is 0.778. The van der Waals surface area contributed by atoms with Gasteiger partial charge in [0.05, 0.1) is 4.95 Å². The Hall–Kier alpha value is 0.180. The van der Waals surface area contributed by atoms with Crippen molar-refractivity contribution < 1.29 is 0 Å². The molecule has 1 atom stereocenters. The highest BCUT2D eigenvalue weighted by atomic mass is 79.9. The molecule has 1 aliphatic heterocycles. The fourth-order valence-electron chi connectivity index (χ4n) is 1.45. The first-order valence-corrected chi connectivity index (χ1v) is 5.27. The van der Waals surface area contributed by atoms with Crippen molar-refractivity contribution in [2.45, 2.75) is 31.1 Å². The molecule has 0 aliphatic carbocycles. The average molecular weight is 218 g/mol. The Morgan fingerprint density at radius 1 is 1.27 bits per heavy atom. The summed E-state index contributed by atoms with van der Waals surface area (Å²) in [5.74, 6) is 0. The molecule has 2 heteroatoms. The maximum Gasteiger partial charge on any atom is 0.0841 e. The summed E-state index contributed by atoms with van der Waals surface area (Å²) in [6, 6.07) is 0. The van der Waals surface area contributed by atoms with Crippen LogP contribution in [0.25, 0.3) is 0 Å². The summed E-state index contributed by atoms with van der Waals surface area (Å²) in [6.07, 6.45) is 8.44. The molecule has 0 amide bonds. The summed E-state index contributed by atoms with van der Waals surface area (Å²) in [6.45, 7) is 4.57. The van der Waals surface area contributed by atoms with E-state index in [0.717, 1.165) is 0 Å². The molecule has 1 unspecified atom stereocenters. The molecule has 1 heterocycles. The molecule has 1 fully saturated rings. The lowest BCUT2D eigenvalue weighted by Gasteiger charge is -2.29. The van der Waals surface area contributed by atoms with E-state index in [4.69, 9.17) is 0 Å². The van der Waals surface area contributed by atoms with Crippen LogP contribution in [0.5, 0.6) is 0 Å². The summed E-state index contributed by atoms with van der Waals surface area (Å²) < 4.78 is 0. The molecule has 11 heavy (non-hydrogen) atoms. The number of alkyl halides is 1. The Balaban J connectivity index is 2.32. The number of piperidine rings is 1. The van der Waals surface area contributed by atoms with E-state index in [1.807, 2.05) is 0 Å². The standard InChI is InChI=1S/C9H16BrN/c1-2-6-9(10)11-7-4-3-5-8-11/h2,6,9H,3-5,7-8H2,1H3. The molecular weight excluding hydrogens is 202 g/mol. The summed E-state index contributed by atoms with van der Waals surface area (Å²) in [5.41, 5.74) is 0. The fourth-order valence-corrected chi connectivity index (χ4v) is 2.16. The Morgan fingerprint density at radius 2 is 1.91 bits per heavy atom. The van der Waals surface area contributed by atoms with E-state index in [9.17, 15) is 0 Å². The van der Waals surface area contributed by atoms with Crippen LogP contribution in [0, 0.1) is 0 Å². The molecule has 64 valence electrons.